The van der Waals surface area contributed by atoms with Crippen molar-refractivity contribution in [1.82, 2.24) is 0 Å². The van der Waals surface area contributed by atoms with Crippen molar-refractivity contribution < 1.29 is 5.11 Å². The molecule has 0 saturated heterocycles. The molecule has 0 aliphatic heterocycles. The molecule has 0 radical (unpaired) electrons. The molecule has 1 nitrogen and oxygen atoms in total. The van der Waals surface area contributed by atoms with Crippen molar-refractivity contribution in [2.24, 2.45) is 23.2 Å². The quantitative estimate of drug-likeness (QED) is 0.511. The van der Waals surface area contributed by atoms with Gasteiger partial charge in [0.25, 0.3) is 0 Å². The summed E-state index contributed by atoms with van der Waals surface area (Å²) in [7, 11) is 0. The zero-order valence-electron chi connectivity index (χ0n) is 5.89. The Hall–Kier alpha value is -0.0400. The molecular weight excluding hydrogens is 112 g/mol. The van der Waals surface area contributed by atoms with Crippen molar-refractivity contribution in [2.75, 3.05) is 0 Å². The number of rotatable bonds is 0. The fourth-order valence-corrected chi connectivity index (χ4v) is 3.55. The Labute approximate surface area is 55.1 Å². The van der Waals surface area contributed by atoms with Gasteiger partial charge < -0.3 is 5.11 Å². The molecule has 50 valence electrons. The van der Waals surface area contributed by atoms with E-state index < -0.39 is 0 Å². The Morgan fingerprint density at radius 2 is 2.00 bits per heavy atom. The predicted octanol–water partition coefficient (Wildman–Crippen LogP) is 1.02. The minimum absolute atomic E-state index is 0.275. The van der Waals surface area contributed by atoms with E-state index in [-0.39, 0.29) is 5.60 Å². The van der Waals surface area contributed by atoms with Crippen molar-refractivity contribution in [1.29, 1.82) is 0 Å². The molecule has 3 saturated carbocycles. The monoisotopic (exact) mass is 124 g/mol. The Kier molecular flexibility index (Phi) is 0.420. The van der Waals surface area contributed by atoms with Crippen LogP contribution >= 0.6 is 0 Å². The summed E-state index contributed by atoms with van der Waals surface area (Å²) in [5, 5.41) is 9.79. The maximum Gasteiger partial charge on any atom is 0.0709 e. The van der Waals surface area contributed by atoms with E-state index in [0.29, 0.717) is 11.3 Å². The van der Waals surface area contributed by atoms with Gasteiger partial charge in [-0.2, -0.15) is 0 Å². The molecule has 0 aromatic rings. The van der Waals surface area contributed by atoms with Crippen LogP contribution in [0, 0.1) is 23.2 Å². The summed E-state index contributed by atoms with van der Waals surface area (Å²) in [5.41, 5.74) is 0.0972. The molecule has 0 bridgehead atoms. The van der Waals surface area contributed by atoms with Crippen LogP contribution in [0.2, 0.25) is 0 Å². The maximum absolute atomic E-state index is 9.79. The molecule has 4 unspecified atom stereocenters. The highest BCUT2D eigenvalue weighted by Gasteiger charge is 2.90. The summed E-state index contributed by atoms with van der Waals surface area (Å²) < 4.78 is 0. The minimum atomic E-state index is -0.275. The summed E-state index contributed by atoms with van der Waals surface area (Å²) in [6.45, 7) is 4.26. The van der Waals surface area contributed by atoms with E-state index in [9.17, 15) is 5.11 Å². The van der Waals surface area contributed by atoms with Crippen LogP contribution in [0.4, 0.5) is 0 Å². The van der Waals surface area contributed by atoms with E-state index in [1.54, 1.807) is 0 Å². The van der Waals surface area contributed by atoms with Crippen LogP contribution in [0.5, 0.6) is 0 Å². The molecule has 1 heteroatoms. The van der Waals surface area contributed by atoms with Crippen molar-refractivity contribution >= 4 is 0 Å². The standard InChI is InChI=1S/C8H12O/c1-7-4-3-5(6(4)7)8(7,2)9/h4-6,9H,3H2,1-2H3/t4?,5-,6?,7?,8?/m1/s1. The first-order chi connectivity index (χ1) is 4.10. The second kappa shape index (κ2) is 0.800. The van der Waals surface area contributed by atoms with Crippen LogP contribution in [0.1, 0.15) is 20.3 Å². The van der Waals surface area contributed by atoms with Crippen LogP contribution in [0.25, 0.3) is 0 Å². The van der Waals surface area contributed by atoms with Gasteiger partial charge in [0.05, 0.1) is 5.60 Å². The first kappa shape index (κ1) is 4.73. The lowest BCUT2D eigenvalue weighted by atomic mass is 9.62. The average molecular weight is 124 g/mol. The van der Waals surface area contributed by atoms with Gasteiger partial charge in [-0.25, -0.2) is 0 Å². The molecule has 0 heterocycles. The van der Waals surface area contributed by atoms with E-state index >= 15 is 0 Å². The van der Waals surface area contributed by atoms with Gasteiger partial charge in [0, 0.05) is 5.41 Å². The third kappa shape index (κ3) is 0.207. The summed E-state index contributed by atoms with van der Waals surface area (Å²) >= 11 is 0. The lowest BCUT2D eigenvalue weighted by Crippen LogP contribution is -2.52. The molecule has 9 heavy (non-hydrogen) atoms. The molecule has 0 amide bonds. The number of fused-ring (bicyclic) bond motifs is 1. The van der Waals surface area contributed by atoms with Crippen molar-refractivity contribution in [3.05, 3.63) is 0 Å². The average Bonchev–Trinajstić information content (AvgIpc) is 1.88. The molecule has 0 spiro atoms. The van der Waals surface area contributed by atoms with Gasteiger partial charge in [0.15, 0.2) is 0 Å². The molecule has 3 aliphatic carbocycles. The molecule has 3 fully saturated rings. The predicted molar refractivity (Wildman–Crippen MR) is 33.8 cm³/mol. The molecule has 0 aromatic carbocycles. The lowest BCUT2D eigenvalue weighted by molar-refractivity contribution is -0.129. The Morgan fingerprint density at radius 1 is 1.33 bits per heavy atom. The first-order valence-corrected chi connectivity index (χ1v) is 3.82. The normalized spacial score (nSPS) is 82.3. The van der Waals surface area contributed by atoms with Crippen LogP contribution in [0.3, 0.4) is 0 Å². The van der Waals surface area contributed by atoms with Gasteiger partial charge in [-0.05, 0) is 31.1 Å². The van der Waals surface area contributed by atoms with Crippen LogP contribution in [-0.4, -0.2) is 10.7 Å². The van der Waals surface area contributed by atoms with E-state index in [1.807, 2.05) is 6.92 Å². The van der Waals surface area contributed by atoms with E-state index in [2.05, 4.69) is 6.92 Å². The number of hydrogen-bond acceptors (Lipinski definition) is 1. The van der Waals surface area contributed by atoms with Crippen molar-refractivity contribution in [2.45, 2.75) is 25.9 Å². The van der Waals surface area contributed by atoms with E-state index in [4.69, 9.17) is 0 Å². The Bertz CT molecular complexity index is 188. The molecule has 3 aliphatic rings. The zero-order valence-corrected chi connectivity index (χ0v) is 5.89. The zero-order chi connectivity index (χ0) is 6.44. The fraction of sp³-hybridized carbons (Fsp3) is 1.00. The molecule has 0 aromatic heterocycles. The highest BCUT2D eigenvalue weighted by atomic mass is 16.3. The van der Waals surface area contributed by atoms with Crippen molar-refractivity contribution in [3.8, 4) is 0 Å². The number of aliphatic hydroxyl groups is 1. The smallest absolute Gasteiger partial charge is 0.0709 e. The highest BCUT2D eigenvalue weighted by molar-refractivity contribution is 5.38. The second-order valence-electron chi connectivity index (χ2n) is 4.40. The molecule has 3 rings (SSSR count). The van der Waals surface area contributed by atoms with Gasteiger partial charge in [0.1, 0.15) is 0 Å². The topological polar surface area (TPSA) is 20.2 Å². The lowest BCUT2D eigenvalue weighted by Gasteiger charge is -2.47. The summed E-state index contributed by atoms with van der Waals surface area (Å²) in [6.07, 6.45) is 1.31. The number of hydrogen-bond donors (Lipinski definition) is 1. The minimum Gasteiger partial charge on any atom is -0.389 e. The first-order valence-electron chi connectivity index (χ1n) is 3.82. The van der Waals surface area contributed by atoms with Gasteiger partial charge in [-0.1, -0.05) is 6.92 Å². The van der Waals surface area contributed by atoms with E-state index in [1.165, 1.54) is 6.42 Å². The Morgan fingerprint density at radius 3 is 2.11 bits per heavy atom. The summed E-state index contributed by atoms with van der Waals surface area (Å²) in [5.74, 6) is 2.54. The third-order valence-corrected chi connectivity index (χ3v) is 4.54. The summed E-state index contributed by atoms with van der Waals surface area (Å²) in [4.78, 5) is 0. The van der Waals surface area contributed by atoms with Crippen molar-refractivity contribution in [3.63, 3.8) is 0 Å². The maximum atomic E-state index is 9.79. The van der Waals surface area contributed by atoms with Crippen LogP contribution < -0.4 is 0 Å². The second-order valence-corrected chi connectivity index (χ2v) is 4.40. The van der Waals surface area contributed by atoms with Gasteiger partial charge >= 0.3 is 0 Å². The Balaban J connectivity index is 2.12. The fourth-order valence-electron chi connectivity index (χ4n) is 3.55. The molecule has 1 N–H and O–H groups in total. The van der Waals surface area contributed by atoms with E-state index in [0.717, 1.165) is 11.8 Å². The molecular formula is C8H12O. The van der Waals surface area contributed by atoms with Crippen LogP contribution in [-0.2, 0) is 0 Å². The third-order valence-electron chi connectivity index (χ3n) is 4.54. The van der Waals surface area contributed by atoms with Gasteiger partial charge in [-0.3, -0.25) is 0 Å². The summed E-state index contributed by atoms with van der Waals surface area (Å²) in [6, 6.07) is 0. The van der Waals surface area contributed by atoms with Crippen LogP contribution in [0.15, 0.2) is 0 Å². The largest absolute Gasteiger partial charge is 0.389 e. The van der Waals surface area contributed by atoms with Gasteiger partial charge in [-0.15, -0.1) is 0 Å². The SMILES string of the molecule is CC12C3C[C@H](C31)C2(C)O. The molecule has 5 atom stereocenters. The van der Waals surface area contributed by atoms with Gasteiger partial charge in [0.2, 0.25) is 0 Å². The highest BCUT2D eigenvalue weighted by Crippen LogP contribution is 2.89.